The van der Waals surface area contributed by atoms with Crippen LogP contribution in [-0.2, 0) is 0 Å². The Bertz CT molecular complexity index is 659. The molecule has 1 fully saturated rings. The van der Waals surface area contributed by atoms with Gasteiger partial charge in [0.15, 0.2) is 0 Å². The first-order chi connectivity index (χ1) is 10.5. The fourth-order valence-corrected chi connectivity index (χ4v) is 3.63. The molecule has 1 N–H and O–H groups in total. The van der Waals surface area contributed by atoms with Crippen molar-refractivity contribution in [3.8, 4) is 0 Å². The van der Waals surface area contributed by atoms with Gasteiger partial charge in [-0.2, -0.15) is 0 Å². The molecule has 2 nitrogen and oxygen atoms in total. The van der Waals surface area contributed by atoms with Crippen LogP contribution in [0.1, 0.15) is 24.4 Å². The summed E-state index contributed by atoms with van der Waals surface area (Å²) in [6.07, 6.45) is 1.26. The monoisotopic (exact) mass is 355 g/mol. The van der Waals surface area contributed by atoms with Crippen LogP contribution in [0, 0.1) is 0 Å². The van der Waals surface area contributed by atoms with E-state index in [2.05, 4.69) is 4.90 Å². The topological polar surface area (TPSA) is 23.5 Å². The number of aliphatic hydroxyl groups is 1. The summed E-state index contributed by atoms with van der Waals surface area (Å²) in [6.45, 7) is 0.575. The summed E-state index contributed by atoms with van der Waals surface area (Å²) in [5, 5.41) is 12.0. The Kier molecular flexibility index (Phi) is 4.84. The van der Waals surface area contributed by atoms with E-state index in [4.69, 9.17) is 34.8 Å². The number of rotatable bonds is 2. The summed E-state index contributed by atoms with van der Waals surface area (Å²) in [4.78, 5) is 2.18. The molecule has 0 spiro atoms. The van der Waals surface area contributed by atoms with Gasteiger partial charge in [0.25, 0.3) is 0 Å². The van der Waals surface area contributed by atoms with Crippen molar-refractivity contribution in [3.05, 3.63) is 63.1 Å². The number of hydrogen-bond donors (Lipinski definition) is 1. The smallest absolute Gasteiger partial charge is 0.0716 e. The SMILES string of the molecule is OC1CC[C@@H](c2ccc(Cl)cc2Cl)N(c2ccc(Cl)cc2)C1. The molecule has 2 aromatic rings. The normalized spacial score (nSPS) is 21.9. The highest BCUT2D eigenvalue weighted by atomic mass is 35.5. The average Bonchev–Trinajstić information content (AvgIpc) is 2.49. The highest BCUT2D eigenvalue weighted by molar-refractivity contribution is 6.35. The quantitative estimate of drug-likeness (QED) is 0.784. The van der Waals surface area contributed by atoms with Crippen molar-refractivity contribution in [3.63, 3.8) is 0 Å². The van der Waals surface area contributed by atoms with Crippen molar-refractivity contribution in [1.29, 1.82) is 0 Å². The van der Waals surface area contributed by atoms with Gasteiger partial charge < -0.3 is 10.0 Å². The van der Waals surface area contributed by atoms with Crippen LogP contribution in [0.15, 0.2) is 42.5 Å². The highest BCUT2D eigenvalue weighted by Crippen LogP contribution is 2.39. The van der Waals surface area contributed by atoms with E-state index >= 15 is 0 Å². The molecule has 1 saturated heterocycles. The average molecular weight is 357 g/mol. The second-order valence-corrected chi connectivity index (χ2v) is 6.82. The van der Waals surface area contributed by atoms with E-state index in [1.54, 1.807) is 6.07 Å². The lowest BCUT2D eigenvalue weighted by Crippen LogP contribution is -2.40. The van der Waals surface area contributed by atoms with Crippen LogP contribution in [0.3, 0.4) is 0 Å². The number of aliphatic hydroxyl groups excluding tert-OH is 1. The molecule has 22 heavy (non-hydrogen) atoms. The third-order valence-corrected chi connectivity index (χ3v) is 4.85. The molecule has 0 aliphatic carbocycles. The van der Waals surface area contributed by atoms with Crippen molar-refractivity contribution in [2.24, 2.45) is 0 Å². The van der Waals surface area contributed by atoms with Crippen LogP contribution in [0.25, 0.3) is 0 Å². The summed E-state index contributed by atoms with van der Waals surface area (Å²) in [5.41, 5.74) is 2.06. The van der Waals surface area contributed by atoms with Crippen LogP contribution in [0.5, 0.6) is 0 Å². The molecule has 0 radical (unpaired) electrons. The number of β-amino-alcohol motifs (C(OH)–C–C–N with tert-alkyl or cyclic N) is 1. The lowest BCUT2D eigenvalue weighted by Gasteiger charge is -2.40. The largest absolute Gasteiger partial charge is 0.391 e. The zero-order chi connectivity index (χ0) is 15.7. The van der Waals surface area contributed by atoms with E-state index < -0.39 is 0 Å². The van der Waals surface area contributed by atoms with Crippen molar-refractivity contribution in [2.75, 3.05) is 11.4 Å². The Hall–Kier alpha value is -0.930. The Balaban J connectivity index is 1.98. The van der Waals surface area contributed by atoms with Gasteiger partial charge in [0, 0.05) is 27.3 Å². The molecular formula is C17H16Cl3NO. The third-order valence-electron chi connectivity index (χ3n) is 4.04. The number of benzene rings is 2. The Morgan fingerprint density at radius 3 is 2.27 bits per heavy atom. The van der Waals surface area contributed by atoms with Crippen LogP contribution in [-0.4, -0.2) is 17.8 Å². The van der Waals surface area contributed by atoms with Gasteiger partial charge in [-0.1, -0.05) is 40.9 Å². The molecule has 2 atom stereocenters. The van der Waals surface area contributed by atoms with Crippen molar-refractivity contribution >= 4 is 40.5 Å². The summed E-state index contributed by atoms with van der Waals surface area (Å²) >= 11 is 18.4. The predicted octanol–water partition coefficient (Wildman–Crippen LogP) is 5.35. The molecule has 5 heteroatoms. The lowest BCUT2D eigenvalue weighted by atomic mass is 9.93. The zero-order valence-electron chi connectivity index (χ0n) is 11.8. The van der Waals surface area contributed by atoms with Gasteiger partial charge in [-0.05, 0) is 54.8 Å². The van der Waals surface area contributed by atoms with Crippen molar-refractivity contribution in [1.82, 2.24) is 0 Å². The van der Waals surface area contributed by atoms with Gasteiger partial charge in [-0.25, -0.2) is 0 Å². The molecule has 1 aliphatic rings. The number of nitrogens with zero attached hydrogens (tertiary/aromatic N) is 1. The molecule has 0 bridgehead atoms. The van der Waals surface area contributed by atoms with Crippen LogP contribution >= 0.6 is 34.8 Å². The summed E-state index contributed by atoms with van der Waals surface area (Å²) in [6, 6.07) is 13.4. The van der Waals surface area contributed by atoms with Gasteiger partial charge in [0.2, 0.25) is 0 Å². The molecular weight excluding hydrogens is 341 g/mol. The van der Waals surface area contributed by atoms with E-state index in [-0.39, 0.29) is 12.1 Å². The Morgan fingerprint density at radius 2 is 1.59 bits per heavy atom. The second-order valence-electron chi connectivity index (χ2n) is 5.54. The predicted molar refractivity (Wildman–Crippen MR) is 93.2 cm³/mol. The first kappa shape index (κ1) is 15.9. The van der Waals surface area contributed by atoms with Crippen LogP contribution in [0.4, 0.5) is 5.69 Å². The molecule has 0 amide bonds. The minimum Gasteiger partial charge on any atom is -0.391 e. The molecule has 1 heterocycles. The standard InChI is InChI=1S/C17H16Cl3NO/c18-11-1-4-13(5-2-11)21-10-14(22)6-8-17(21)15-7-3-12(19)9-16(15)20/h1-5,7,9,14,17,22H,6,8,10H2/t14?,17-/m0/s1. The van der Waals surface area contributed by atoms with Crippen molar-refractivity contribution < 1.29 is 5.11 Å². The Labute approximate surface area is 145 Å². The fourth-order valence-electron chi connectivity index (χ4n) is 2.96. The second kappa shape index (κ2) is 6.67. The number of piperidine rings is 1. The van der Waals surface area contributed by atoms with Crippen LogP contribution < -0.4 is 4.90 Å². The van der Waals surface area contributed by atoms with E-state index in [0.29, 0.717) is 21.6 Å². The maximum Gasteiger partial charge on any atom is 0.0716 e. The molecule has 1 unspecified atom stereocenters. The van der Waals surface area contributed by atoms with Gasteiger partial charge in [-0.15, -0.1) is 0 Å². The molecule has 3 rings (SSSR count). The minimum atomic E-state index is -0.335. The third kappa shape index (κ3) is 3.36. The van der Waals surface area contributed by atoms with E-state index in [9.17, 15) is 5.11 Å². The maximum atomic E-state index is 10.1. The molecule has 1 aliphatic heterocycles. The number of hydrogen-bond acceptors (Lipinski definition) is 2. The highest BCUT2D eigenvalue weighted by Gasteiger charge is 2.29. The van der Waals surface area contributed by atoms with Gasteiger partial charge in [-0.3, -0.25) is 0 Å². The van der Waals surface area contributed by atoms with E-state index in [0.717, 1.165) is 24.1 Å². The summed E-state index contributed by atoms with van der Waals surface area (Å²) < 4.78 is 0. The summed E-state index contributed by atoms with van der Waals surface area (Å²) in [5.74, 6) is 0. The molecule has 2 aromatic carbocycles. The molecule has 116 valence electrons. The fraction of sp³-hybridized carbons (Fsp3) is 0.294. The number of halogens is 3. The van der Waals surface area contributed by atoms with Gasteiger partial charge in [0.05, 0.1) is 12.1 Å². The van der Waals surface area contributed by atoms with Gasteiger partial charge in [0.1, 0.15) is 0 Å². The van der Waals surface area contributed by atoms with Crippen LogP contribution in [0.2, 0.25) is 15.1 Å². The van der Waals surface area contributed by atoms with Crippen molar-refractivity contribution in [2.45, 2.75) is 25.0 Å². The van der Waals surface area contributed by atoms with E-state index in [1.807, 2.05) is 36.4 Å². The summed E-state index contributed by atoms with van der Waals surface area (Å²) in [7, 11) is 0. The first-order valence-corrected chi connectivity index (χ1v) is 8.33. The van der Waals surface area contributed by atoms with Gasteiger partial charge >= 0.3 is 0 Å². The first-order valence-electron chi connectivity index (χ1n) is 7.20. The van der Waals surface area contributed by atoms with E-state index in [1.165, 1.54) is 0 Å². The minimum absolute atomic E-state index is 0.120. The zero-order valence-corrected chi connectivity index (χ0v) is 14.1. The molecule has 0 aromatic heterocycles. The number of anilines is 1. The Morgan fingerprint density at radius 1 is 0.909 bits per heavy atom. The molecule has 0 saturated carbocycles. The lowest BCUT2D eigenvalue weighted by molar-refractivity contribution is 0.142. The maximum absolute atomic E-state index is 10.1.